The second-order valence-corrected chi connectivity index (χ2v) is 10.7. The van der Waals surface area contributed by atoms with Crippen LogP contribution in [-0.2, 0) is 14.3 Å². The number of ether oxygens (including phenoxy) is 2. The maximum atomic E-state index is 13.4. The van der Waals surface area contributed by atoms with E-state index < -0.39 is 23.7 Å². The smallest absolute Gasteiger partial charge is 0.342 e. The topological polar surface area (TPSA) is 125 Å². The monoisotopic (exact) mass is 566 g/mol. The van der Waals surface area contributed by atoms with Gasteiger partial charge in [0.05, 0.1) is 13.2 Å². The summed E-state index contributed by atoms with van der Waals surface area (Å²) in [5, 5.41) is 25.7. The lowest BCUT2D eigenvalue weighted by Gasteiger charge is -2.23. The molecular weight excluding hydrogens is 524 g/mol. The molecule has 2 aromatic carbocycles. The Bertz CT molecular complexity index is 1240. The Labute approximate surface area is 242 Å². The highest BCUT2D eigenvalue weighted by atomic mass is 16.5. The number of ketones is 1. The predicted molar refractivity (Wildman–Crippen MR) is 157 cm³/mol. The number of carbonyl (C=O) groups is 3. The Morgan fingerprint density at radius 1 is 1.15 bits per heavy atom. The van der Waals surface area contributed by atoms with E-state index in [0.29, 0.717) is 68.5 Å². The zero-order valence-corrected chi connectivity index (χ0v) is 24.4. The lowest BCUT2D eigenvalue weighted by atomic mass is 9.84. The Morgan fingerprint density at radius 3 is 2.54 bits per heavy atom. The summed E-state index contributed by atoms with van der Waals surface area (Å²) in [6, 6.07) is 8.43. The summed E-state index contributed by atoms with van der Waals surface area (Å²) in [4.78, 5) is 40.5. The van der Waals surface area contributed by atoms with Crippen LogP contribution in [0.1, 0.15) is 84.8 Å². The SMILES string of the molecule is COc1ccc(C(CC(=O)NCCN(C)C)c2c(O)cc3c(c2O)C(=O)O[C@@H](C)CCCC(=O)CCCC=C3)cc1. The van der Waals surface area contributed by atoms with Crippen LogP contribution in [0.2, 0.25) is 0 Å². The Hall–Kier alpha value is -3.85. The Kier molecular flexibility index (Phi) is 11.8. The number of Topliss-reactive ketones (excluding diaryl/α,β-unsaturated/α-hetero) is 1. The molecule has 0 bridgehead atoms. The first-order chi connectivity index (χ1) is 19.6. The van der Waals surface area contributed by atoms with Gasteiger partial charge >= 0.3 is 5.97 Å². The normalized spacial score (nSPS) is 17.3. The molecule has 0 aromatic heterocycles. The van der Waals surface area contributed by atoms with E-state index in [0.717, 1.165) is 0 Å². The van der Waals surface area contributed by atoms with E-state index in [4.69, 9.17) is 9.47 Å². The number of phenolic OH excluding ortho intramolecular Hbond substituents is 2. The molecule has 2 aromatic rings. The maximum Gasteiger partial charge on any atom is 0.342 e. The summed E-state index contributed by atoms with van der Waals surface area (Å²) in [5.74, 6) is -1.63. The second-order valence-electron chi connectivity index (χ2n) is 10.7. The molecule has 0 saturated carbocycles. The molecule has 0 radical (unpaired) electrons. The third kappa shape index (κ3) is 9.08. The van der Waals surface area contributed by atoms with Crippen LogP contribution < -0.4 is 10.1 Å². The molecule has 1 amide bonds. The number of allylic oxidation sites excluding steroid dienone is 1. The molecule has 1 unspecified atom stereocenters. The van der Waals surface area contributed by atoms with Gasteiger partial charge < -0.3 is 29.9 Å². The van der Waals surface area contributed by atoms with Gasteiger partial charge in [-0.1, -0.05) is 24.3 Å². The quantitative estimate of drug-likeness (QED) is 0.390. The lowest BCUT2D eigenvalue weighted by Crippen LogP contribution is -2.32. The minimum absolute atomic E-state index is 0.0689. The van der Waals surface area contributed by atoms with Crippen LogP contribution in [0.5, 0.6) is 17.2 Å². The molecule has 222 valence electrons. The van der Waals surface area contributed by atoms with Gasteiger partial charge in [-0.2, -0.15) is 0 Å². The number of hydrogen-bond donors (Lipinski definition) is 3. The number of amides is 1. The first-order valence-corrected chi connectivity index (χ1v) is 14.1. The fourth-order valence-corrected chi connectivity index (χ4v) is 4.92. The first-order valence-electron chi connectivity index (χ1n) is 14.1. The van der Waals surface area contributed by atoms with Gasteiger partial charge in [0.25, 0.3) is 0 Å². The number of esters is 1. The molecule has 2 atom stereocenters. The predicted octanol–water partition coefficient (Wildman–Crippen LogP) is 4.79. The van der Waals surface area contributed by atoms with Gasteiger partial charge in [-0.15, -0.1) is 0 Å². The van der Waals surface area contributed by atoms with Gasteiger partial charge in [0.1, 0.15) is 28.6 Å². The van der Waals surface area contributed by atoms with Crippen LogP contribution in [0.25, 0.3) is 6.08 Å². The number of nitrogens with one attached hydrogen (secondary N) is 1. The van der Waals surface area contributed by atoms with Crippen molar-refractivity contribution in [1.29, 1.82) is 0 Å². The molecule has 0 saturated heterocycles. The molecule has 9 heteroatoms. The van der Waals surface area contributed by atoms with E-state index in [1.807, 2.05) is 25.1 Å². The van der Waals surface area contributed by atoms with Crippen LogP contribution >= 0.6 is 0 Å². The van der Waals surface area contributed by atoms with Crippen molar-refractivity contribution >= 4 is 23.7 Å². The van der Waals surface area contributed by atoms with Gasteiger partial charge in [0.15, 0.2) is 0 Å². The minimum atomic E-state index is -0.765. The number of likely N-dealkylation sites (N-methyl/N-ethyl adjacent to an activating group) is 1. The van der Waals surface area contributed by atoms with E-state index in [-0.39, 0.29) is 35.0 Å². The highest BCUT2D eigenvalue weighted by molar-refractivity contribution is 5.98. The summed E-state index contributed by atoms with van der Waals surface area (Å²) in [5.41, 5.74) is 0.956. The number of hydrogen-bond acceptors (Lipinski definition) is 8. The average molecular weight is 567 g/mol. The fourth-order valence-electron chi connectivity index (χ4n) is 4.92. The molecule has 9 nitrogen and oxygen atoms in total. The summed E-state index contributed by atoms with van der Waals surface area (Å²) < 4.78 is 11.0. The van der Waals surface area contributed by atoms with Crippen molar-refractivity contribution in [3.8, 4) is 17.2 Å². The standard InChI is InChI=1S/C32H42N2O7/c1-21-9-8-12-24(35)11-7-5-6-10-23-19-27(36)30(31(38)29(23)32(39)41-21)26(20-28(37)33-17-18-34(2)3)22-13-15-25(40-4)16-14-22/h6,10,13-16,19,21,26,36,38H,5,7-9,11-12,17-18,20H2,1-4H3,(H,33,37)/t21-,26?/m0/s1. The van der Waals surface area contributed by atoms with Crippen molar-refractivity contribution < 1.29 is 34.1 Å². The van der Waals surface area contributed by atoms with Crippen LogP contribution in [0, 0.1) is 0 Å². The molecule has 0 spiro atoms. The van der Waals surface area contributed by atoms with E-state index in [2.05, 4.69) is 5.32 Å². The van der Waals surface area contributed by atoms with Gasteiger partial charge in [-0.3, -0.25) is 9.59 Å². The van der Waals surface area contributed by atoms with Crippen LogP contribution in [-0.4, -0.2) is 73.2 Å². The molecule has 1 heterocycles. The summed E-state index contributed by atoms with van der Waals surface area (Å²) >= 11 is 0. The molecule has 3 rings (SSSR count). The van der Waals surface area contributed by atoms with Crippen molar-refractivity contribution in [2.75, 3.05) is 34.3 Å². The molecule has 0 fully saturated rings. The Morgan fingerprint density at radius 2 is 1.85 bits per heavy atom. The maximum absolute atomic E-state index is 13.4. The summed E-state index contributed by atoms with van der Waals surface area (Å²) in [6.07, 6.45) is 6.20. The average Bonchev–Trinajstić information content (AvgIpc) is 2.91. The number of fused-ring (bicyclic) bond motifs is 1. The first kappa shape index (κ1) is 31.7. The third-order valence-electron chi connectivity index (χ3n) is 7.19. The van der Waals surface area contributed by atoms with Crippen LogP contribution in [0.3, 0.4) is 0 Å². The fraction of sp³-hybridized carbons (Fsp3) is 0.469. The summed E-state index contributed by atoms with van der Waals surface area (Å²) in [6.45, 7) is 2.84. The number of rotatable bonds is 8. The number of carbonyl (C=O) groups excluding carboxylic acids is 3. The van der Waals surface area contributed by atoms with Crippen molar-refractivity contribution in [1.82, 2.24) is 10.2 Å². The number of methoxy groups -OCH3 is 1. The van der Waals surface area contributed by atoms with Crippen LogP contribution in [0.4, 0.5) is 0 Å². The second kappa shape index (κ2) is 15.2. The minimum Gasteiger partial charge on any atom is -0.507 e. The van der Waals surface area contributed by atoms with E-state index in [9.17, 15) is 24.6 Å². The lowest BCUT2D eigenvalue weighted by molar-refractivity contribution is -0.121. The third-order valence-corrected chi connectivity index (χ3v) is 7.19. The number of cyclic esters (lactones) is 1. The van der Waals surface area contributed by atoms with Gasteiger partial charge in [-0.05, 0) is 76.0 Å². The zero-order chi connectivity index (χ0) is 29.9. The highest BCUT2D eigenvalue weighted by Gasteiger charge is 2.31. The number of aromatic hydroxyl groups is 2. The van der Waals surface area contributed by atoms with E-state index in [1.54, 1.807) is 44.4 Å². The molecule has 1 aliphatic rings. The van der Waals surface area contributed by atoms with Crippen molar-refractivity contribution in [3.05, 3.63) is 58.7 Å². The van der Waals surface area contributed by atoms with Gasteiger partial charge in [0, 0.05) is 43.8 Å². The van der Waals surface area contributed by atoms with Gasteiger partial charge in [-0.25, -0.2) is 4.79 Å². The molecule has 1 aliphatic heterocycles. The van der Waals surface area contributed by atoms with Crippen molar-refractivity contribution in [2.45, 2.75) is 63.9 Å². The Balaban J connectivity index is 2.08. The van der Waals surface area contributed by atoms with Crippen molar-refractivity contribution in [2.24, 2.45) is 0 Å². The van der Waals surface area contributed by atoms with Crippen LogP contribution in [0.15, 0.2) is 36.4 Å². The largest absolute Gasteiger partial charge is 0.507 e. The summed E-state index contributed by atoms with van der Waals surface area (Å²) in [7, 11) is 5.37. The number of nitrogens with zero attached hydrogens (tertiary/aromatic N) is 1. The molecule has 41 heavy (non-hydrogen) atoms. The van der Waals surface area contributed by atoms with E-state index in [1.165, 1.54) is 6.07 Å². The molecular formula is C32H42N2O7. The molecule has 0 aliphatic carbocycles. The number of benzene rings is 2. The van der Waals surface area contributed by atoms with Crippen molar-refractivity contribution in [3.63, 3.8) is 0 Å². The number of phenols is 2. The highest BCUT2D eigenvalue weighted by Crippen LogP contribution is 2.44. The zero-order valence-electron chi connectivity index (χ0n) is 24.4. The van der Waals surface area contributed by atoms with Gasteiger partial charge in [0.2, 0.25) is 5.91 Å². The van der Waals surface area contributed by atoms with E-state index >= 15 is 0 Å². The molecule has 3 N–H and O–H groups in total.